The van der Waals surface area contributed by atoms with E-state index in [0.29, 0.717) is 18.2 Å². The standard InChI is InChI=1S/C14H22N2O2/c1-14(2)6-4-5-11(14)12(17)7-10-8-13(18-3)16-9-15-10/h8-9,11-12,17H,4-7H2,1-3H3. The molecule has 2 unspecified atom stereocenters. The van der Waals surface area contributed by atoms with E-state index in [1.54, 1.807) is 13.2 Å². The minimum atomic E-state index is -0.331. The summed E-state index contributed by atoms with van der Waals surface area (Å²) in [7, 11) is 1.59. The monoisotopic (exact) mass is 250 g/mol. The summed E-state index contributed by atoms with van der Waals surface area (Å²) in [6.45, 7) is 4.49. The number of aliphatic hydroxyl groups is 1. The molecule has 0 amide bonds. The van der Waals surface area contributed by atoms with E-state index in [1.807, 2.05) is 0 Å². The van der Waals surface area contributed by atoms with Gasteiger partial charge in [0.25, 0.3) is 0 Å². The second kappa shape index (κ2) is 5.22. The third-order valence-electron chi connectivity index (χ3n) is 4.13. The molecule has 2 rings (SSSR count). The first kappa shape index (κ1) is 13.3. The molecule has 0 aromatic carbocycles. The highest BCUT2D eigenvalue weighted by atomic mass is 16.5. The Kier molecular flexibility index (Phi) is 3.85. The fourth-order valence-electron chi connectivity index (χ4n) is 3.02. The molecule has 1 saturated carbocycles. The second-order valence-corrected chi connectivity index (χ2v) is 5.81. The predicted molar refractivity (Wildman–Crippen MR) is 69.4 cm³/mol. The molecular formula is C14H22N2O2. The van der Waals surface area contributed by atoms with Crippen molar-refractivity contribution in [3.8, 4) is 5.88 Å². The quantitative estimate of drug-likeness (QED) is 0.890. The van der Waals surface area contributed by atoms with Crippen molar-refractivity contribution in [3.05, 3.63) is 18.1 Å². The van der Waals surface area contributed by atoms with Crippen LogP contribution in [-0.4, -0.2) is 28.3 Å². The van der Waals surface area contributed by atoms with Gasteiger partial charge in [0, 0.05) is 12.5 Å². The van der Waals surface area contributed by atoms with Gasteiger partial charge in [0.05, 0.1) is 18.9 Å². The summed E-state index contributed by atoms with van der Waals surface area (Å²) in [6.07, 6.45) is 5.25. The number of hydrogen-bond donors (Lipinski definition) is 1. The van der Waals surface area contributed by atoms with E-state index in [0.717, 1.165) is 12.1 Å². The number of ether oxygens (including phenoxy) is 1. The molecule has 100 valence electrons. The lowest BCUT2D eigenvalue weighted by Crippen LogP contribution is -2.31. The Balaban J connectivity index is 2.04. The number of aromatic nitrogens is 2. The fraction of sp³-hybridized carbons (Fsp3) is 0.714. The van der Waals surface area contributed by atoms with E-state index in [2.05, 4.69) is 23.8 Å². The number of rotatable bonds is 4. The number of nitrogens with zero attached hydrogens (tertiary/aromatic N) is 2. The SMILES string of the molecule is COc1cc(CC(O)C2CCCC2(C)C)ncn1. The van der Waals surface area contributed by atoms with Crippen LogP contribution < -0.4 is 4.74 Å². The summed E-state index contributed by atoms with van der Waals surface area (Å²) >= 11 is 0. The molecular weight excluding hydrogens is 228 g/mol. The zero-order valence-corrected chi connectivity index (χ0v) is 11.4. The minimum absolute atomic E-state index is 0.233. The Morgan fingerprint density at radius 1 is 1.50 bits per heavy atom. The van der Waals surface area contributed by atoms with Crippen LogP contribution in [0.2, 0.25) is 0 Å². The van der Waals surface area contributed by atoms with Gasteiger partial charge in [0.2, 0.25) is 5.88 Å². The molecule has 0 aliphatic heterocycles. The summed E-state index contributed by atoms with van der Waals surface area (Å²) in [5.74, 6) is 0.913. The molecule has 1 fully saturated rings. The van der Waals surface area contributed by atoms with E-state index in [1.165, 1.54) is 19.2 Å². The summed E-state index contributed by atoms with van der Waals surface area (Å²) in [6, 6.07) is 1.80. The van der Waals surface area contributed by atoms with Crippen molar-refractivity contribution in [1.29, 1.82) is 0 Å². The van der Waals surface area contributed by atoms with Crippen molar-refractivity contribution in [1.82, 2.24) is 9.97 Å². The molecule has 1 aromatic heterocycles. The maximum Gasteiger partial charge on any atom is 0.216 e. The Labute approximate surface area is 108 Å². The number of aliphatic hydroxyl groups excluding tert-OH is 1. The maximum absolute atomic E-state index is 10.4. The van der Waals surface area contributed by atoms with E-state index >= 15 is 0 Å². The number of methoxy groups -OCH3 is 1. The molecule has 1 heterocycles. The molecule has 4 heteroatoms. The molecule has 0 radical (unpaired) electrons. The van der Waals surface area contributed by atoms with Crippen molar-refractivity contribution in [3.63, 3.8) is 0 Å². The Hall–Kier alpha value is -1.16. The second-order valence-electron chi connectivity index (χ2n) is 5.81. The van der Waals surface area contributed by atoms with E-state index < -0.39 is 0 Å². The van der Waals surface area contributed by atoms with Crippen molar-refractivity contribution in [2.75, 3.05) is 7.11 Å². The largest absolute Gasteiger partial charge is 0.481 e. The normalized spacial score (nSPS) is 23.9. The van der Waals surface area contributed by atoms with Gasteiger partial charge < -0.3 is 9.84 Å². The molecule has 1 aliphatic rings. The topological polar surface area (TPSA) is 55.2 Å². The van der Waals surface area contributed by atoms with Gasteiger partial charge in [0.1, 0.15) is 6.33 Å². The molecule has 0 bridgehead atoms. The van der Waals surface area contributed by atoms with Crippen LogP contribution in [-0.2, 0) is 6.42 Å². The Morgan fingerprint density at radius 3 is 2.89 bits per heavy atom. The van der Waals surface area contributed by atoms with Crippen LogP contribution in [0.5, 0.6) is 5.88 Å². The van der Waals surface area contributed by atoms with Crippen LogP contribution in [0.15, 0.2) is 12.4 Å². The lowest BCUT2D eigenvalue weighted by atomic mass is 9.77. The van der Waals surface area contributed by atoms with E-state index in [4.69, 9.17) is 4.74 Å². The lowest BCUT2D eigenvalue weighted by Gasteiger charge is -2.31. The highest BCUT2D eigenvalue weighted by molar-refractivity contribution is 5.14. The Bertz CT molecular complexity index is 407. The molecule has 18 heavy (non-hydrogen) atoms. The van der Waals surface area contributed by atoms with Gasteiger partial charge >= 0.3 is 0 Å². The molecule has 1 aromatic rings. The Morgan fingerprint density at radius 2 is 2.28 bits per heavy atom. The molecule has 0 spiro atoms. The van der Waals surface area contributed by atoms with Gasteiger partial charge in [0.15, 0.2) is 0 Å². The summed E-state index contributed by atoms with van der Waals surface area (Å²) in [4.78, 5) is 8.17. The fourth-order valence-corrected chi connectivity index (χ4v) is 3.02. The van der Waals surface area contributed by atoms with Crippen LogP contribution in [0.4, 0.5) is 0 Å². The molecule has 0 saturated heterocycles. The zero-order chi connectivity index (χ0) is 13.2. The van der Waals surface area contributed by atoms with Gasteiger partial charge in [-0.15, -0.1) is 0 Å². The van der Waals surface area contributed by atoms with Gasteiger partial charge in [-0.05, 0) is 24.2 Å². The highest BCUT2D eigenvalue weighted by Crippen LogP contribution is 2.44. The predicted octanol–water partition coefficient (Wildman–Crippen LogP) is 2.21. The van der Waals surface area contributed by atoms with Crippen LogP contribution >= 0.6 is 0 Å². The lowest BCUT2D eigenvalue weighted by molar-refractivity contribution is 0.0535. The summed E-state index contributed by atoms with van der Waals surface area (Å²) < 4.78 is 5.07. The van der Waals surface area contributed by atoms with Gasteiger partial charge in [-0.1, -0.05) is 20.3 Å². The maximum atomic E-state index is 10.4. The van der Waals surface area contributed by atoms with Gasteiger partial charge in [-0.25, -0.2) is 9.97 Å². The third-order valence-corrected chi connectivity index (χ3v) is 4.13. The van der Waals surface area contributed by atoms with Crippen molar-refractivity contribution in [2.24, 2.45) is 11.3 Å². The first-order valence-electron chi connectivity index (χ1n) is 6.56. The van der Waals surface area contributed by atoms with Crippen LogP contribution in [0, 0.1) is 11.3 Å². The third kappa shape index (κ3) is 2.80. The van der Waals surface area contributed by atoms with E-state index in [-0.39, 0.29) is 11.5 Å². The minimum Gasteiger partial charge on any atom is -0.481 e. The van der Waals surface area contributed by atoms with E-state index in [9.17, 15) is 5.11 Å². The van der Waals surface area contributed by atoms with Crippen LogP contribution in [0.1, 0.15) is 38.8 Å². The molecule has 2 atom stereocenters. The smallest absolute Gasteiger partial charge is 0.216 e. The first-order valence-corrected chi connectivity index (χ1v) is 6.56. The van der Waals surface area contributed by atoms with Gasteiger partial charge in [-0.2, -0.15) is 0 Å². The average Bonchev–Trinajstić information content (AvgIpc) is 2.69. The van der Waals surface area contributed by atoms with Crippen molar-refractivity contribution in [2.45, 2.75) is 45.6 Å². The molecule has 1 aliphatic carbocycles. The molecule has 4 nitrogen and oxygen atoms in total. The summed E-state index contributed by atoms with van der Waals surface area (Å²) in [5, 5.41) is 10.4. The van der Waals surface area contributed by atoms with Crippen LogP contribution in [0.25, 0.3) is 0 Å². The van der Waals surface area contributed by atoms with Gasteiger partial charge in [-0.3, -0.25) is 0 Å². The van der Waals surface area contributed by atoms with Crippen LogP contribution in [0.3, 0.4) is 0 Å². The van der Waals surface area contributed by atoms with Crippen molar-refractivity contribution < 1.29 is 9.84 Å². The highest BCUT2D eigenvalue weighted by Gasteiger charge is 2.38. The van der Waals surface area contributed by atoms with Crippen molar-refractivity contribution >= 4 is 0 Å². The molecule has 1 N–H and O–H groups in total. The summed E-state index contributed by atoms with van der Waals surface area (Å²) in [5.41, 5.74) is 1.08. The zero-order valence-electron chi connectivity index (χ0n) is 11.4. The average molecular weight is 250 g/mol. The first-order chi connectivity index (χ1) is 8.53. The number of hydrogen-bond acceptors (Lipinski definition) is 4.